The second-order valence-electron chi connectivity index (χ2n) is 0.300. The van der Waals surface area contributed by atoms with Crippen LogP contribution in [0.2, 0.25) is 0 Å². The van der Waals surface area contributed by atoms with Crippen LogP contribution in [0.4, 0.5) is 0 Å². The van der Waals surface area contributed by atoms with E-state index < -0.39 is 0 Å². The Kier molecular flexibility index (Phi) is 3.87. The zero-order valence-corrected chi connectivity index (χ0v) is 3.24. The van der Waals surface area contributed by atoms with Gasteiger partial charge in [0.2, 0.25) is 0 Å². The van der Waals surface area contributed by atoms with Crippen molar-refractivity contribution in [1.29, 1.82) is 0 Å². The van der Waals surface area contributed by atoms with Crippen LogP contribution in [0.15, 0.2) is 0 Å². The summed E-state index contributed by atoms with van der Waals surface area (Å²) in [5, 5.41) is 0. The van der Waals surface area contributed by atoms with E-state index in [-0.39, 0.29) is 7.92 Å². The van der Waals surface area contributed by atoms with Crippen LogP contribution in [-0.2, 0) is 9.40 Å². The van der Waals surface area contributed by atoms with Gasteiger partial charge in [0, 0.05) is 0 Å². The topological polar surface area (TPSA) is 52.3 Å². The third kappa shape index (κ3) is 3.93. The molecule has 0 aliphatic heterocycles. The molecule has 0 rings (SSSR count). The fraction of sp³-hybridized carbons (Fsp3) is 0. The zero-order valence-electron chi connectivity index (χ0n) is 2.34. The molecule has 0 atom stereocenters. The fourth-order valence-electron chi connectivity index (χ4n) is 0.0215. The molecule has 0 saturated carbocycles. The molecule has 5 heavy (non-hydrogen) atoms. The molecule has 0 aliphatic carbocycles. The number of hydrogen-bond acceptors (Lipinski definition) is 3. The summed E-state index contributed by atoms with van der Waals surface area (Å²) in [5.74, 6) is 6.13. The van der Waals surface area contributed by atoms with E-state index in [1.54, 1.807) is 5.81 Å². The summed E-state index contributed by atoms with van der Waals surface area (Å²) >= 11 is 0. The van der Waals surface area contributed by atoms with E-state index in [0.717, 1.165) is 0 Å². The van der Waals surface area contributed by atoms with Crippen LogP contribution in [0.5, 0.6) is 0 Å². The molecule has 0 aromatic heterocycles. The van der Waals surface area contributed by atoms with Gasteiger partial charge in [-0.05, 0) is 0 Å². The van der Waals surface area contributed by atoms with Gasteiger partial charge >= 0.3 is 29.0 Å². The normalized spacial score (nSPS) is 5.80. The Labute approximate surface area is 30.2 Å². The molecule has 0 heterocycles. The van der Waals surface area contributed by atoms with E-state index in [4.69, 9.17) is 0 Å². The van der Waals surface area contributed by atoms with Crippen molar-refractivity contribution in [1.82, 2.24) is 0 Å². The Balaban J connectivity index is 3.17. The summed E-state index contributed by atoms with van der Waals surface area (Å²) in [6.45, 7) is 0. The molecule has 0 bridgehead atoms. The van der Waals surface area contributed by atoms with Gasteiger partial charge in [0.15, 0.2) is 0 Å². The summed E-state index contributed by atoms with van der Waals surface area (Å²) in [7, 11) is -0.318. The summed E-state index contributed by atoms with van der Waals surface area (Å²) in [4.78, 5) is 3.62. The monoisotopic (exact) mass is 91.0 g/mol. The van der Waals surface area contributed by atoms with Gasteiger partial charge in [0.05, 0.1) is 0 Å². The van der Waals surface area contributed by atoms with Gasteiger partial charge in [-0.15, -0.1) is 0 Å². The number of hydrogen-bond donors (Lipinski definition) is 1. The molecule has 0 unspecified atom stereocenters. The molecule has 0 amide bonds. The van der Waals surface area contributed by atoms with Gasteiger partial charge in [-0.3, -0.25) is 0 Å². The molecule has 3 nitrogen and oxygen atoms in total. The molecule has 0 aromatic carbocycles. The van der Waals surface area contributed by atoms with E-state index in [1.165, 1.54) is 0 Å². The summed E-state index contributed by atoms with van der Waals surface area (Å²) in [6, 6.07) is 0. The Hall–Kier alpha value is -0.0700. The van der Waals surface area contributed by atoms with Crippen LogP contribution >= 0.6 is 7.92 Å². The van der Waals surface area contributed by atoms with Crippen molar-refractivity contribution in [3.8, 4) is 5.81 Å². The molecule has 0 fully saturated rings. The van der Waals surface area contributed by atoms with Gasteiger partial charge in [0.1, 0.15) is 0 Å². The van der Waals surface area contributed by atoms with Gasteiger partial charge in [0.25, 0.3) is 0 Å². The predicted molar refractivity (Wildman–Crippen MR) is 16.8 cm³/mol. The van der Waals surface area contributed by atoms with Crippen LogP contribution in [-0.4, -0.2) is 0 Å². The van der Waals surface area contributed by atoms with Gasteiger partial charge in [-0.1, -0.05) is 0 Å². The minimum atomic E-state index is -0.318. The van der Waals surface area contributed by atoms with Crippen molar-refractivity contribution in [2.45, 2.75) is 0 Å². The van der Waals surface area contributed by atoms with E-state index in [0.29, 0.717) is 0 Å². The molecule has 0 saturated heterocycles. The van der Waals surface area contributed by atoms with E-state index in [9.17, 15) is 4.57 Å². The van der Waals surface area contributed by atoms with Crippen molar-refractivity contribution in [3.05, 3.63) is 0 Å². The third-order valence-electron chi connectivity index (χ3n) is 0.0900. The molecule has 0 radical (unpaired) electrons. The van der Waals surface area contributed by atoms with Crippen molar-refractivity contribution in [2.75, 3.05) is 0 Å². The summed E-state index contributed by atoms with van der Waals surface area (Å²) in [5.41, 5.74) is 0. The van der Waals surface area contributed by atoms with Gasteiger partial charge in [-0.2, -0.15) is 0 Å². The predicted octanol–water partition coefficient (Wildman–Crippen LogP) is 0.0851. The van der Waals surface area contributed by atoms with Crippen LogP contribution in [0.1, 0.15) is 0 Å². The fourth-order valence-corrected chi connectivity index (χ4v) is 0.0645. The maximum atomic E-state index is 9.19. The van der Waals surface area contributed by atoms with E-state index in [2.05, 4.69) is 10.7 Å². The van der Waals surface area contributed by atoms with E-state index in [1.807, 2.05) is 0 Å². The molecule has 0 spiro atoms. The molecular formula is CH2NO2P. The minimum absolute atomic E-state index is 0.318. The SMILES string of the molecule is NOC#P=O. The maximum absolute atomic E-state index is 9.19. The van der Waals surface area contributed by atoms with Crippen molar-refractivity contribution < 1.29 is 9.40 Å². The second-order valence-corrected chi connectivity index (χ2v) is 0.666. The van der Waals surface area contributed by atoms with Crippen LogP contribution in [0.3, 0.4) is 0 Å². The molecule has 2 N–H and O–H groups in total. The van der Waals surface area contributed by atoms with Crippen molar-refractivity contribution in [2.24, 2.45) is 5.90 Å². The van der Waals surface area contributed by atoms with Crippen molar-refractivity contribution in [3.63, 3.8) is 0 Å². The third-order valence-corrected chi connectivity index (χ3v) is 0.270. The Bertz CT molecular complexity index is 91.2. The quantitative estimate of drug-likeness (QED) is 0.339. The summed E-state index contributed by atoms with van der Waals surface area (Å²) in [6.07, 6.45) is 0. The first-order valence-corrected chi connectivity index (χ1v) is 1.66. The molecule has 28 valence electrons. The number of nitrogens with two attached hydrogens (primary N) is 1. The van der Waals surface area contributed by atoms with Gasteiger partial charge < -0.3 is 0 Å². The first-order valence-electron chi connectivity index (χ1n) is 0.846. The Morgan fingerprint density at radius 2 is 2.60 bits per heavy atom. The second kappa shape index (κ2) is 3.93. The van der Waals surface area contributed by atoms with E-state index >= 15 is 0 Å². The molecule has 0 aliphatic rings. The van der Waals surface area contributed by atoms with Crippen LogP contribution in [0, 0.1) is 5.81 Å². The Morgan fingerprint density at radius 3 is 2.60 bits per heavy atom. The first-order chi connectivity index (χ1) is 2.41. The van der Waals surface area contributed by atoms with Crippen LogP contribution < -0.4 is 5.90 Å². The first kappa shape index (κ1) is 4.93. The average molecular weight is 91.0 g/mol. The zero-order chi connectivity index (χ0) is 4.12. The van der Waals surface area contributed by atoms with Crippen molar-refractivity contribution >= 4 is 7.92 Å². The molecule has 0 aromatic rings. The number of rotatable bonds is 0. The van der Waals surface area contributed by atoms with Crippen LogP contribution in [0.25, 0.3) is 0 Å². The average Bonchev–Trinajstić information content (AvgIpc) is 1.41. The Morgan fingerprint density at radius 1 is 2.00 bits per heavy atom. The summed E-state index contributed by atoms with van der Waals surface area (Å²) < 4.78 is 9.19. The standard InChI is InChI=1S/CH2NO2P/c2-4-1-5-3/h2H2. The van der Waals surface area contributed by atoms with Gasteiger partial charge in [-0.25, -0.2) is 0 Å². The molecule has 4 heteroatoms. The molecular weight excluding hydrogens is 89.0 g/mol.